The van der Waals surface area contributed by atoms with Gasteiger partial charge in [0.1, 0.15) is 0 Å². The smallest absolute Gasteiger partial charge is 0.213 e. The molecule has 0 atom stereocenters. The summed E-state index contributed by atoms with van der Waals surface area (Å²) in [7, 11) is -1.68. The fraction of sp³-hybridized carbons (Fsp3) is 0.562. The lowest BCUT2D eigenvalue weighted by molar-refractivity contribution is 0.145. The molecule has 1 rings (SSSR count). The van der Waals surface area contributed by atoms with Gasteiger partial charge in [0, 0.05) is 39.9 Å². The number of nitrogens with zero attached hydrogens (tertiary/aromatic N) is 1. The average molecular weight is 484 g/mol. The van der Waals surface area contributed by atoms with Crippen molar-refractivity contribution >= 4 is 40.0 Å². The zero-order valence-corrected chi connectivity index (χ0v) is 18.0. The molecule has 0 unspecified atom stereocenters. The van der Waals surface area contributed by atoms with Gasteiger partial charge >= 0.3 is 0 Å². The molecule has 144 valence electrons. The van der Waals surface area contributed by atoms with E-state index in [0.717, 1.165) is 18.5 Å². The number of aliphatic imine (C=N–C) groups is 1. The van der Waals surface area contributed by atoms with Gasteiger partial charge in [-0.2, -0.15) is 0 Å². The number of guanidine groups is 1. The van der Waals surface area contributed by atoms with Crippen LogP contribution >= 0.6 is 24.0 Å². The lowest BCUT2D eigenvalue weighted by Crippen LogP contribution is -2.41. The Hall–Kier alpha value is -0.910. The SMILES string of the molecule is CCOCCCNC(=NC)NCCS(=O)(=O)NCc1ccccc1.I. The van der Waals surface area contributed by atoms with Crippen LogP contribution in [0.5, 0.6) is 0 Å². The van der Waals surface area contributed by atoms with E-state index in [4.69, 9.17) is 4.74 Å². The molecule has 1 aromatic carbocycles. The van der Waals surface area contributed by atoms with Crippen molar-refractivity contribution in [3.8, 4) is 0 Å². The fourth-order valence-electron chi connectivity index (χ4n) is 1.91. The molecule has 25 heavy (non-hydrogen) atoms. The number of ether oxygens (including phenoxy) is 1. The molecule has 0 aliphatic rings. The number of nitrogens with one attached hydrogen (secondary N) is 3. The van der Waals surface area contributed by atoms with Gasteiger partial charge in [0.15, 0.2) is 5.96 Å². The summed E-state index contributed by atoms with van der Waals surface area (Å²) in [4.78, 5) is 4.06. The topological polar surface area (TPSA) is 91.8 Å². The first kappa shape index (κ1) is 24.1. The van der Waals surface area contributed by atoms with Gasteiger partial charge < -0.3 is 15.4 Å². The summed E-state index contributed by atoms with van der Waals surface area (Å²) < 4.78 is 31.8. The molecular weight excluding hydrogens is 455 g/mol. The molecule has 0 aliphatic carbocycles. The molecule has 0 aliphatic heterocycles. The van der Waals surface area contributed by atoms with E-state index in [0.29, 0.717) is 25.7 Å². The van der Waals surface area contributed by atoms with Gasteiger partial charge in [0.25, 0.3) is 0 Å². The van der Waals surface area contributed by atoms with E-state index in [2.05, 4.69) is 20.3 Å². The number of benzene rings is 1. The fourth-order valence-corrected chi connectivity index (χ4v) is 2.81. The Morgan fingerprint density at radius 3 is 2.48 bits per heavy atom. The van der Waals surface area contributed by atoms with Crippen LogP contribution in [0, 0.1) is 0 Å². The Labute approximate surface area is 168 Å². The molecule has 0 aromatic heterocycles. The molecule has 0 radical (unpaired) electrons. The highest BCUT2D eigenvalue weighted by Crippen LogP contribution is 1.98. The predicted molar refractivity (Wildman–Crippen MR) is 113 cm³/mol. The first-order valence-electron chi connectivity index (χ1n) is 8.11. The van der Waals surface area contributed by atoms with Crippen molar-refractivity contribution in [3.05, 3.63) is 35.9 Å². The van der Waals surface area contributed by atoms with Crippen molar-refractivity contribution in [3.63, 3.8) is 0 Å². The van der Waals surface area contributed by atoms with Crippen LogP contribution in [0.15, 0.2) is 35.3 Å². The second-order valence-corrected chi connectivity index (χ2v) is 7.03. The predicted octanol–water partition coefficient (Wildman–Crippen LogP) is 1.32. The summed E-state index contributed by atoms with van der Waals surface area (Å²) in [6.45, 7) is 4.67. The van der Waals surface area contributed by atoms with E-state index in [-0.39, 0.29) is 36.3 Å². The summed E-state index contributed by atoms with van der Waals surface area (Å²) in [5, 5.41) is 6.11. The highest BCUT2D eigenvalue weighted by Gasteiger charge is 2.10. The maximum absolute atomic E-state index is 12.0. The Morgan fingerprint density at radius 1 is 1.16 bits per heavy atom. The first-order valence-corrected chi connectivity index (χ1v) is 9.76. The van der Waals surface area contributed by atoms with E-state index in [1.54, 1.807) is 7.05 Å². The van der Waals surface area contributed by atoms with Crippen molar-refractivity contribution in [2.24, 2.45) is 4.99 Å². The second-order valence-electron chi connectivity index (χ2n) is 5.10. The molecule has 1 aromatic rings. The van der Waals surface area contributed by atoms with Crippen molar-refractivity contribution in [2.75, 3.05) is 39.1 Å². The van der Waals surface area contributed by atoms with Gasteiger partial charge in [-0.15, -0.1) is 24.0 Å². The third kappa shape index (κ3) is 12.1. The number of halogens is 1. The zero-order valence-electron chi connectivity index (χ0n) is 14.8. The third-order valence-electron chi connectivity index (χ3n) is 3.19. The van der Waals surface area contributed by atoms with Crippen LogP contribution in [0.25, 0.3) is 0 Å². The summed E-state index contributed by atoms with van der Waals surface area (Å²) >= 11 is 0. The van der Waals surface area contributed by atoms with E-state index in [9.17, 15) is 8.42 Å². The zero-order chi connectivity index (χ0) is 17.7. The molecule has 3 N–H and O–H groups in total. The van der Waals surface area contributed by atoms with E-state index < -0.39 is 10.0 Å². The van der Waals surface area contributed by atoms with Crippen molar-refractivity contribution in [2.45, 2.75) is 19.9 Å². The van der Waals surface area contributed by atoms with Crippen molar-refractivity contribution in [1.82, 2.24) is 15.4 Å². The quantitative estimate of drug-likeness (QED) is 0.191. The Bertz CT molecular complexity index is 582. The van der Waals surface area contributed by atoms with Crippen molar-refractivity contribution < 1.29 is 13.2 Å². The molecular formula is C16H29IN4O3S. The van der Waals surface area contributed by atoms with Crippen LogP contribution in [0.3, 0.4) is 0 Å². The molecule has 0 amide bonds. The molecule has 0 spiro atoms. The van der Waals surface area contributed by atoms with Crippen LogP contribution in [-0.4, -0.2) is 53.5 Å². The minimum Gasteiger partial charge on any atom is -0.382 e. The monoisotopic (exact) mass is 484 g/mol. The van der Waals surface area contributed by atoms with Gasteiger partial charge in [-0.25, -0.2) is 13.1 Å². The third-order valence-corrected chi connectivity index (χ3v) is 4.51. The lowest BCUT2D eigenvalue weighted by atomic mass is 10.2. The summed E-state index contributed by atoms with van der Waals surface area (Å²) in [6.07, 6.45) is 0.867. The van der Waals surface area contributed by atoms with E-state index in [1.165, 1.54) is 0 Å². The highest BCUT2D eigenvalue weighted by atomic mass is 127. The second kappa shape index (κ2) is 14.3. The van der Waals surface area contributed by atoms with Crippen LogP contribution < -0.4 is 15.4 Å². The van der Waals surface area contributed by atoms with Gasteiger partial charge in [-0.3, -0.25) is 4.99 Å². The minimum atomic E-state index is -3.33. The van der Waals surface area contributed by atoms with Crippen molar-refractivity contribution in [1.29, 1.82) is 0 Å². The molecule has 9 heteroatoms. The molecule has 0 fully saturated rings. The average Bonchev–Trinajstić information content (AvgIpc) is 2.59. The molecule has 0 bridgehead atoms. The van der Waals surface area contributed by atoms with E-state index in [1.807, 2.05) is 37.3 Å². The van der Waals surface area contributed by atoms with Gasteiger partial charge in [-0.1, -0.05) is 30.3 Å². The van der Waals surface area contributed by atoms with Crippen LogP contribution in [-0.2, 0) is 21.3 Å². The normalized spacial score (nSPS) is 11.7. The van der Waals surface area contributed by atoms with Gasteiger partial charge in [0.2, 0.25) is 10.0 Å². The standard InChI is InChI=1S/C16H28N4O3S.HI/c1-3-23-12-7-10-18-16(17-2)19-11-13-24(21,22)20-14-15-8-5-4-6-9-15;/h4-6,8-9,20H,3,7,10-14H2,1-2H3,(H2,17,18,19);1H. The number of hydrogen-bond donors (Lipinski definition) is 3. The minimum absolute atomic E-state index is 0. The Kier molecular flexibility index (Phi) is 13.8. The first-order chi connectivity index (χ1) is 11.6. The number of rotatable bonds is 11. The maximum atomic E-state index is 12.0. The lowest BCUT2D eigenvalue weighted by Gasteiger charge is -2.12. The highest BCUT2D eigenvalue weighted by molar-refractivity contribution is 14.0. The summed E-state index contributed by atoms with van der Waals surface area (Å²) in [6, 6.07) is 9.43. The van der Waals surface area contributed by atoms with Gasteiger partial charge in [0.05, 0.1) is 5.75 Å². The maximum Gasteiger partial charge on any atom is 0.213 e. The molecule has 0 saturated carbocycles. The number of hydrogen-bond acceptors (Lipinski definition) is 4. The number of sulfonamides is 1. The van der Waals surface area contributed by atoms with Crippen LogP contribution in [0.2, 0.25) is 0 Å². The van der Waals surface area contributed by atoms with Gasteiger partial charge in [-0.05, 0) is 18.9 Å². The molecule has 0 heterocycles. The summed E-state index contributed by atoms with van der Waals surface area (Å²) in [5.74, 6) is 0.573. The summed E-state index contributed by atoms with van der Waals surface area (Å²) in [5.41, 5.74) is 0.931. The largest absolute Gasteiger partial charge is 0.382 e. The van der Waals surface area contributed by atoms with Crippen LogP contribution in [0.4, 0.5) is 0 Å². The Morgan fingerprint density at radius 2 is 1.84 bits per heavy atom. The van der Waals surface area contributed by atoms with E-state index >= 15 is 0 Å². The Balaban J connectivity index is 0.00000576. The molecule has 0 saturated heterocycles. The molecule has 7 nitrogen and oxygen atoms in total. The van der Waals surface area contributed by atoms with Crippen LogP contribution in [0.1, 0.15) is 18.9 Å².